The highest BCUT2D eigenvalue weighted by atomic mass is 32.2. The Bertz CT molecular complexity index is 725. The fraction of sp³-hybridized carbons (Fsp3) is 0.375. The summed E-state index contributed by atoms with van der Waals surface area (Å²) in [6.45, 7) is 3.92. The topological polar surface area (TPSA) is 55.4 Å². The van der Waals surface area contributed by atoms with Gasteiger partial charge in [-0.15, -0.1) is 0 Å². The van der Waals surface area contributed by atoms with E-state index in [1.807, 2.05) is 32.0 Å². The quantitative estimate of drug-likeness (QED) is 0.890. The van der Waals surface area contributed by atoms with Gasteiger partial charge in [0.05, 0.1) is 12.0 Å². The molecule has 114 valence electrons. The van der Waals surface area contributed by atoms with Gasteiger partial charge in [0.25, 0.3) is 0 Å². The Labute approximate surface area is 126 Å². The molecule has 1 N–H and O–H groups in total. The molecule has 0 aliphatic carbocycles. The molecule has 0 bridgehead atoms. The van der Waals surface area contributed by atoms with Crippen molar-refractivity contribution in [2.45, 2.75) is 37.6 Å². The largest absolute Gasteiger partial charge is 0.497 e. The van der Waals surface area contributed by atoms with Crippen LogP contribution in [0.15, 0.2) is 41.3 Å². The van der Waals surface area contributed by atoms with Crippen molar-refractivity contribution in [1.82, 2.24) is 4.72 Å². The maximum Gasteiger partial charge on any atom is 0.240 e. The van der Waals surface area contributed by atoms with Crippen LogP contribution in [0.2, 0.25) is 0 Å². The van der Waals surface area contributed by atoms with Gasteiger partial charge in [-0.1, -0.05) is 25.5 Å². The Morgan fingerprint density at radius 1 is 1.14 bits per heavy atom. The van der Waals surface area contributed by atoms with E-state index < -0.39 is 10.0 Å². The van der Waals surface area contributed by atoms with Crippen molar-refractivity contribution < 1.29 is 13.2 Å². The van der Waals surface area contributed by atoms with Gasteiger partial charge >= 0.3 is 0 Å². The lowest BCUT2D eigenvalue weighted by Gasteiger charge is -2.13. The molecule has 0 aliphatic rings. The molecule has 0 heterocycles. The lowest BCUT2D eigenvalue weighted by molar-refractivity contribution is 0.415. The molecule has 0 amide bonds. The first-order chi connectivity index (χ1) is 9.96. The number of hydrogen-bond acceptors (Lipinski definition) is 3. The van der Waals surface area contributed by atoms with Gasteiger partial charge in [0, 0.05) is 6.04 Å². The van der Waals surface area contributed by atoms with Crippen LogP contribution in [-0.4, -0.2) is 21.6 Å². The molecule has 21 heavy (non-hydrogen) atoms. The van der Waals surface area contributed by atoms with Crippen molar-refractivity contribution in [1.29, 1.82) is 0 Å². The van der Waals surface area contributed by atoms with E-state index in [2.05, 4.69) is 4.72 Å². The fourth-order valence-corrected chi connectivity index (χ4v) is 3.63. The number of rotatable bonds is 6. The fourth-order valence-electron chi connectivity index (χ4n) is 2.32. The Hall–Kier alpha value is -1.59. The summed E-state index contributed by atoms with van der Waals surface area (Å²) in [5, 5.41) is 1.83. The summed E-state index contributed by atoms with van der Waals surface area (Å²) in [7, 11) is -1.86. The van der Waals surface area contributed by atoms with Crippen molar-refractivity contribution in [2.75, 3.05) is 7.11 Å². The Balaban J connectivity index is 2.34. The summed E-state index contributed by atoms with van der Waals surface area (Å²) < 4.78 is 32.6. The minimum absolute atomic E-state index is 0.0634. The SMILES string of the molecule is CCC[C@@H](C)NS(=O)(=O)c1ccc2cc(OC)ccc2c1. The first-order valence-corrected chi connectivity index (χ1v) is 8.54. The van der Waals surface area contributed by atoms with Gasteiger partial charge < -0.3 is 4.74 Å². The molecule has 0 saturated carbocycles. The number of hydrogen-bond donors (Lipinski definition) is 1. The van der Waals surface area contributed by atoms with Crippen molar-refractivity contribution in [3.8, 4) is 5.75 Å². The summed E-state index contributed by atoms with van der Waals surface area (Å²) in [4.78, 5) is 0.295. The molecular weight excluding hydrogens is 286 g/mol. The molecule has 0 unspecified atom stereocenters. The third-order valence-corrected chi connectivity index (χ3v) is 4.99. The number of nitrogens with one attached hydrogen (secondary N) is 1. The normalized spacial score (nSPS) is 13.3. The third kappa shape index (κ3) is 3.74. The monoisotopic (exact) mass is 307 g/mol. The predicted octanol–water partition coefficient (Wildman–Crippen LogP) is 3.32. The lowest BCUT2D eigenvalue weighted by atomic mass is 10.1. The van der Waals surface area contributed by atoms with Crippen LogP contribution in [0.5, 0.6) is 5.75 Å². The Morgan fingerprint density at radius 2 is 1.81 bits per heavy atom. The summed E-state index contributed by atoms with van der Waals surface area (Å²) in [6.07, 6.45) is 1.77. The molecule has 0 aromatic heterocycles. The van der Waals surface area contributed by atoms with E-state index in [1.54, 1.807) is 25.3 Å². The van der Waals surface area contributed by atoms with Gasteiger partial charge in [-0.25, -0.2) is 13.1 Å². The van der Waals surface area contributed by atoms with Gasteiger partial charge in [0.1, 0.15) is 5.75 Å². The van der Waals surface area contributed by atoms with Crippen LogP contribution in [0.25, 0.3) is 10.8 Å². The number of ether oxygens (including phenoxy) is 1. The summed E-state index contributed by atoms with van der Waals surface area (Å²) in [6, 6.07) is 10.6. The number of benzene rings is 2. The van der Waals surface area contributed by atoms with Crippen LogP contribution in [0.3, 0.4) is 0 Å². The summed E-state index contributed by atoms with van der Waals surface area (Å²) in [5.74, 6) is 0.757. The van der Waals surface area contributed by atoms with Crippen LogP contribution < -0.4 is 9.46 Å². The molecule has 0 fully saturated rings. The zero-order valence-electron chi connectivity index (χ0n) is 12.6. The lowest BCUT2D eigenvalue weighted by Crippen LogP contribution is -2.32. The second-order valence-electron chi connectivity index (χ2n) is 5.19. The average molecular weight is 307 g/mol. The van der Waals surface area contributed by atoms with Gasteiger partial charge in [-0.3, -0.25) is 0 Å². The minimum atomic E-state index is -3.47. The van der Waals surface area contributed by atoms with Crippen LogP contribution >= 0.6 is 0 Å². The van der Waals surface area contributed by atoms with Crippen LogP contribution in [0.4, 0.5) is 0 Å². The van der Waals surface area contributed by atoms with Gasteiger partial charge in [0.2, 0.25) is 10.0 Å². The molecule has 2 aromatic rings. The number of sulfonamides is 1. The molecule has 1 atom stereocenters. The molecule has 4 nitrogen and oxygen atoms in total. The number of methoxy groups -OCH3 is 1. The minimum Gasteiger partial charge on any atom is -0.497 e. The van der Waals surface area contributed by atoms with Gasteiger partial charge in [0.15, 0.2) is 0 Å². The first-order valence-electron chi connectivity index (χ1n) is 7.06. The zero-order valence-corrected chi connectivity index (χ0v) is 13.4. The van der Waals surface area contributed by atoms with Gasteiger partial charge in [-0.2, -0.15) is 0 Å². The van der Waals surface area contributed by atoms with E-state index >= 15 is 0 Å². The van der Waals surface area contributed by atoms with E-state index in [4.69, 9.17) is 4.74 Å². The molecule has 0 spiro atoms. The molecule has 0 radical (unpaired) electrons. The van der Waals surface area contributed by atoms with Crippen molar-refractivity contribution in [3.63, 3.8) is 0 Å². The van der Waals surface area contributed by atoms with Crippen LogP contribution in [0.1, 0.15) is 26.7 Å². The first kappa shape index (κ1) is 15.8. The number of fused-ring (bicyclic) bond motifs is 1. The molecule has 5 heteroatoms. The van der Waals surface area contributed by atoms with E-state index in [0.29, 0.717) is 4.90 Å². The zero-order chi connectivity index (χ0) is 15.5. The van der Waals surface area contributed by atoms with Gasteiger partial charge in [-0.05, 0) is 48.4 Å². The second kappa shape index (κ2) is 6.45. The van der Waals surface area contributed by atoms with E-state index in [9.17, 15) is 8.42 Å². The summed E-state index contributed by atoms with van der Waals surface area (Å²) >= 11 is 0. The highest BCUT2D eigenvalue weighted by Crippen LogP contribution is 2.23. The third-order valence-electron chi connectivity index (χ3n) is 3.41. The average Bonchev–Trinajstić information content (AvgIpc) is 2.45. The van der Waals surface area contributed by atoms with Crippen molar-refractivity contribution in [3.05, 3.63) is 36.4 Å². The molecule has 0 saturated heterocycles. The standard InChI is InChI=1S/C16H21NO3S/c1-4-5-12(2)17-21(18,19)16-9-7-13-10-15(20-3)8-6-14(13)11-16/h6-12,17H,4-5H2,1-3H3/t12-/m1/s1. The van der Waals surface area contributed by atoms with Crippen LogP contribution in [0, 0.1) is 0 Å². The Morgan fingerprint density at radius 3 is 2.48 bits per heavy atom. The highest BCUT2D eigenvalue weighted by molar-refractivity contribution is 7.89. The molecule has 2 aromatic carbocycles. The smallest absolute Gasteiger partial charge is 0.240 e. The molecule has 2 rings (SSSR count). The highest BCUT2D eigenvalue weighted by Gasteiger charge is 2.17. The Kier molecular flexibility index (Phi) is 4.85. The predicted molar refractivity (Wildman–Crippen MR) is 85.2 cm³/mol. The molecular formula is C16H21NO3S. The summed E-state index contributed by atoms with van der Waals surface area (Å²) in [5.41, 5.74) is 0. The van der Waals surface area contributed by atoms with Crippen molar-refractivity contribution in [2.24, 2.45) is 0 Å². The van der Waals surface area contributed by atoms with E-state index in [-0.39, 0.29) is 6.04 Å². The van der Waals surface area contributed by atoms with E-state index in [1.165, 1.54) is 0 Å². The van der Waals surface area contributed by atoms with Crippen molar-refractivity contribution >= 4 is 20.8 Å². The maximum atomic E-state index is 12.3. The van der Waals surface area contributed by atoms with Crippen LogP contribution in [-0.2, 0) is 10.0 Å². The molecule has 0 aliphatic heterocycles. The van der Waals surface area contributed by atoms with E-state index in [0.717, 1.165) is 29.4 Å². The maximum absolute atomic E-state index is 12.3. The second-order valence-corrected chi connectivity index (χ2v) is 6.90.